The molecule has 16 heavy (non-hydrogen) atoms. The minimum atomic E-state index is -0.0326. The maximum Gasteiger partial charge on any atom is 0.0693 e. The quantitative estimate of drug-likeness (QED) is 0.736. The van der Waals surface area contributed by atoms with Gasteiger partial charge in [-0.05, 0) is 52.0 Å². The predicted molar refractivity (Wildman–Crippen MR) is 65.9 cm³/mol. The molecule has 2 nitrogen and oxygen atoms in total. The largest absolute Gasteiger partial charge is 0.312 e. The maximum absolute atomic E-state index is 9.65. The number of nitrogens with zero attached hydrogens (tertiary/aromatic N) is 1. The molecule has 0 bridgehead atoms. The van der Waals surface area contributed by atoms with Crippen molar-refractivity contribution in [3.05, 3.63) is 0 Å². The highest BCUT2D eigenvalue weighted by molar-refractivity contribution is 5.10. The minimum absolute atomic E-state index is 0.0326. The normalized spacial score (nSPS) is 35.6. The Balaban J connectivity index is 2.15. The van der Waals surface area contributed by atoms with E-state index in [0.717, 1.165) is 19.4 Å². The summed E-state index contributed by atoms with van der Waals surface area (Å²) in [5.74, 6) is 0.660. The van der Waals surface area contributed by atoms with E-state index in [1.807, 2.05) is 0 Å². The van der Waals surface area contributed by atoms with Gasteiger partial charge in [0, 0.05) is 5.54 Å². The van der Waals surface area contributed by atoms with E-state index in [4.69, 9.17) is 0 Å². The van der Waals surface area contributed by atoms with Crippen LogP contribution in [-0.2, 0) is 0 Å². The van der Waals surface area contributed by atoms with Crippen LogP contribution in [-0.4, -0.2) is 12.1 Å². The Morgan fingerprint density at radius 1 is 1.19 bits per heavy atom. The summed E-state index contributed by atoms with van der Waals surface area (Å²) in [6, 6.07) is 2.70. The highest BCUT2D eigenvalue weighted by atomic mass is 15.0. The summed E-state index contributed by atoms with van der Waals surface area (Å²) in [5.41, 5.74) is 0.112. The molecule has 0 amide bonds. The third-order valence-electron chi connectivity index (χ3n) is 4.54. The summed E-state index contributed by atoms with van der Waals surface area (Å²) in [6.45, 7) is 5.49. The predicted octanol–water partition coefficient (Wildman–Crippen LogP) is 3.24. The van der Waals surface area contributed by atoms with E-state index in [1.54, 1.807) is 0 Å². The first-order valence-electron chi connectivity index (χ1n) is 6.74. The van der Waals surface area contributed by atoms with Crippen LogP contribution in [0, 0.1) is 22.7 Å². The molecular weight excluding hydrogens is 196 g/mol. The Labute approximate surface area is 99.4 Å². The van der Waals surface area contributed by atoms with Crippen LogP contribution in [0.3, 0.4) is 0 Å². The first-order chi connectivity index (χ1) is 7.58. The van der Waals surface area contributed by atoms with Crippen LogP contribution < -0.4 is 5.32 Å². The monoisotopic (exact) mass is 220 g/mol. The first kappa shape index (κ1) is 11.9. The molecular formula is C14H24N2. The highest BCUT2D eigenvalue weighted by Gasteiger charge is 2.45. The van der Waals surface area contributed by atoms with Crippen LogP contribution in [0.1, 0.15) is 58.8 Å². The van der Waals surface area contributed by atoms with Crippen molar-refractivity contribution < 1.29 is 0 Å². The molecule has 1 heterocycles. The molecule has 1 unspecified atom stereocenters. The van der Waals surface area contributed by atoms with Gasteiger partial charge in [-0.2, -0.15) is 5.26 Å². The molecule has 2 fully saturated rings. The number of rotatable bonds is 1. The maximum atomic E-state index is 9.65. The van der Waals surface area contributed by atoms with Gasteiger partial charge in [-0.1, -0.05) is 19.3 Å². The molecule has 1 atom stereocenters. The Morgan fingerprint density at radius 2 is 1.88 bits per heavy atom. The fraction of sp³-hybridized carbons (Fsp3) is 0.929. The second kappa shape index (κ2) is 4.37. The van der Waals surface area contributed by atoms with Crippen molar-refractivity contribution in [1.29, 1.82) is 5.26 Å². The summed E-state index contributed by atoms with van der Waals surface area (Å²) < 4.78 is 0. The molecule has 90 valence electrons. The zero-order valence-electron chi connectivity index (χ0n) is 10.7. The van der Waals surface area contributed by atoms with Crippen LogP contribution in [0.25, 0.3) is 0 Å². The number of hydrogen-bond donors (Lipinski definition) is 1. The molecule has 0 spiro atoms. The average molecular weight is 220 g/mol. The van der Waals surface area contributed by atoms with Crippen molar-refractivity contribution in [1.82, 2.24) is 5.32 Å². The van der Waals surface area contributed by atoms with E-state index < -0.39 is 0 Å². The molecule has 0 aromatic rings. The molecule has 0 radical (unpaired) electrons. The van der Waals surface area contributed by atoms with Crippen molar-refractivity contribution >= 4 is 0 Å². The summed E-state index contributed by atoms with van der Waals surface area (Å²) in [6.07, 6.45) is 8.69. The molecule has 2 heteroatoms. The Kier molecular flexibility index (Phi) is 3.26. The number of nitrogens with one attached hydrogen (secondary N) is 1. The summed E-state index contributed by atoms with van der Waals surface area (Å²) >= 11 is 0. The van der Waals surface area contributed by atoms with Crippen molar-refractivity contribution in [2.75, 3.05) is 6.54 Å². The van der Waals surface area contributed by atoms with E-state index >= 15 is 0 Å². The summed E-state index contributed by atoms with van der Waals surface area (Å²) in [5, 5.41) is 13.2. The zero-order chi connectivity index (χ0) is 11.6. The van der Waals surface area contributed by atoms with Crippen molar-refractivity contribution in [3.8, 4) is 6.07 Å². The lowest BCUT2D eigenvalue weighted by molar-refractivity contribution is 0.0837. The molecule has 1 saturated heterocycles. The molecule has 1 aliphatic carbocycles. The topological polar surface area (TPSA) is 35.8 Å². The van der Waals surface area contributed by atoms with Gasteiger partial charge in [0.1, 0.15) is 0 Å². The Morgan fingerprint density at radius 3 is 2.44 bits per heavy atom. The number of nitriles is 1. The van der Waals surface area contributed by atoms with Gasteiger partial charge in [0.25, 0.3) is 0 Å². The van der Waals surface area contributed by atoms with E-state index in [2.05, 4.69) is 25.2 Å². The minimum Gasteiger partial charge on any atom is -0.312 e. The fourth-order valence-electron chi connectivity index (χ4n) is 3.75. The van der Waals surface area contributed by atoms with Gasteiger partial charge in [-0.15, -0.1) is 0 Å². The van der Waals surface area contributed by atoms with Crippen LogP contribution in [0.15, 0.2) is 0 Å². The van der Waals surface area contributed by atoms with Crippen molar-refractivity contribution in [2.45, 2.75) is 64.3 Å². The molecule has 0 aromatic carbocycles. The molecule has 1 aliphatic heterocycles. The third-order valence-corrected chi connectivity index (χ3v) is 4.54. The Bertz CT molecular complexity index is 284. The SMILES string of the molecule is CC1(C)CC(C#N)(C2CCCCC2)CCN1. The van der Waals surface area contributed by atoms with Crippen LogP contribution in [0.2, 0.25) is 0 Å². The first-order valence-corrected chi connectivity index (χ1v) is 6.74. The van der Waals surface area contributed by atoms with Gasteiger partial charge >= 0.3 is 0 Å². The van der Waals surface area contributed by atoms with Gasteiger partial charge in [-0.3, -0.25) is 0 Å². The lowest BCUT2D eigenvalue weighted by Crippen LogP contribution is -2.52. The van der Waals surface area contributed by atoms with E-state index in [1.165, 1.54) is 32.1 Å². The standard InChI is InChI=1S/C14H24N2/c1-13(2)10-14(11-15,8-9-16-13)12-6-4-3-5-7-12/h12,16H,3-10H2,1-2H3. The second-order valence-corrected chi connectivity index (χ2v) is 6.34. The van der Waals surface area contributed by atoms with Gasteiger partial charge in [0.2, 0.25) is 0 Å². The van der Waals surface area contributed by atoms with Gasteiger partial charge in [0.05, 0.1) is 11.5 Å². The summed E-state index contributed by atoms with van der Waals surface area (Å²) in [7, 11) is 0. The van der Waals surface area contributed by atoms with Gasteiger partial charge in [-0.25, -0.2) is 0 Å². The molecule has 2 rings (SSSR count). The van der Waals surface area contributed by atoms with Gasteiger partial charge in [0.15, 0.2) is 0 Å². The highest BCUT2D eigenvalue weighted by Crippen LogP contribution is 2.47. The molecule has 2 aliphatic rings. The zero-order valence-corrected chi connectivity index (χ0v) is 10.7. The smallest absolute Gasteiger partial charge is 0.0693 e. The van der Waals surface area contributed by atoms with Crippen LogP contribution in [0.5, 0.6) is 0 Å². The molecule has 1 saturated carbocycles. The lowest BCUT2D eigenvalue weighted by Gasteiger charge is -2.46. The van der Waals surface area contributed by atoms with E-state index in [0.29, 0.717) is 5.92 Å². The fourth-order valence-corrected chi connectivity index (χ4v) is 3.75. The number of hydrogen-bond acceptors (Lipinski definition) is 2. The number of piperidine rings is 1. The summed E-state index contributed by atoms with van der Waals surface area (Å²) in [4.78, 5) is 0. The molecule has 0 aromatic heterocycles. The third kappa shape index (κ3) is 2.25. The van der Waals surface area contributed by atoms with Crippen molar-refractivity contribution in [2.24, 2.45) is 11.3 Å². The van der Waals surface area contributed by atoms with E-state index in [-0.39, 0.29) is 11.0 Å². The van der Waals surface area contributed by atoms with Crippen LogP contribution in [0.4, 0.5) is 0 Å². The van der Waals surface area contributed by atoms with Crippen molar-refractivity contribution in [3.63, 3.8) is 0 Å². The average Bonchev–Trinajstić information content (AvgIpc) is 2.29. The van der Waals surface area contributed by atoms with Crippen LogP contribution >= 0.6 is 0 Å². The van der Waals surface area contributed by atoms with Gasteiger partial charge < -0.3 is 5.32 Å². The second-order valence-electron chi connectivity index (χ2n) is 6.34. The molecule has 1 N–H and O–H groups in total. The van der Waals surface area contributed by atoms with E-state index in [9.17, 15) is 5.26 Å². The lowest BCUT2D eigenvalue weighted by atomic mass is 9.61. The Hall–Kier alpha value is -0.550.